The van der Waals surface area contributed by atoms with Crippen molar-refractivity contribution in [3.63, 3.8) is 0 Å². The van der Waals surface area contributed by atoms with E-state index in [1.807, 2.05) is 4.90 Å². The van der Waals surface area contributed by atoms with E-state index in [0.717, 1.165) is 19.4 Å². The van der Waals surface area contributed by atoms with Gasteiger partial charge in [0.25, 0.3) is 5.92 Å². The largest absolute Gasteiger partial charge is 0.311 e. The zero-order chi connectivity index (χ0) is 15.5. The Kier molecular flexibility index (Phi) is 4.99. The van der Waals surface area contributed by atoms with Crippen molar-refractivity contribution in [1.82, 2.24) is 10.2 Å². The monoisotopic (exact) mass is 296 g/mol. The first-order chi connectivity index (χ1) is 9.91. The van der Waals surface area contributed by atoms with Gasteiger partial charge in [0.15, 0.2) is 0 Å². The van der Waals surface area contributed by atoms with Crippen LogP contribution in [0.4, 0.5) is 8.78 Å². The second-order valence-electron chi connectivity index (χ2n) is 6.29. The summed E-state index contributed by atoms with van der Waals surface area (Å²) in [4.78, 5) is 1.98. The van der Waals surface area contributed by atoms with Gasteiger partial charge in [0.2, 0.25) is 0 Å². The summed E-state index contributed by atoms with van der Waals surface area (Å²) >= 11 is 0. The lowest BCUT2D eigenvalue weighted by atomic mass is 9.90. The van der Waals surface area contributed by atoms with Crippen LogP contribution in [-0.2, 0) is 5.92 Å². The molecule has 21 heavy (non-hydrogen) atoms. The number of benzene rings is 1. The molecule has 1 aliphatic heterocycles. The number of hydrogen-bond donors (Lipinski definition) is 1. The van der Waals surface area contributed by atoms with E-state index in [4.69, 9.17) is 0 Å². The summed E-state index contributed by atoms with van der Waals surface area (Å²) < 4.78 is 29.2. The maximum atomic E-state index is 14.6. The Morgan fingerprint density at radius 2 is 1.95 bits per heavy atom. The van der Waals surface area contributed by atoms with Gasteiger partial charge in [0, 0.05) is 30.2 Å². The van der Waals surface area contributed by atoms with Crippen molar-refractivity contribution in [3.8, 4) is 0 Å². The fraction of sp³-hybridized carbons (Fsp3) is 0.647. The predicted octanol–water partition coefficient (Wildman–Crippen LogP) is 3.63. The Bertz CT molecular complexity index is 449. The van der Waals surface area contributed by atoms with Gasteiger partial charge in [-0.05, 0) is 19.8 Å². The highest BCUT2D eigenvalue weighted by atomic mass is 19.3. The summed E-state index contributed by atoms with van der Waals surface area (Å²) in [7, 11) is 0. The minimum Gasteiger partial charge on any atom is -0.311 e. The first-order valence-electron chi connectivity index (χ1n) is 7.83. The van der Waals surface area contributed by atoms with E-state index >= 15 is 0 Å². The second-order valence-corrected chi connectivity index (χ2v) is 6.29. The average molecular weight is 296 g/mol. The van der Waals surface area contributed by atoms with Crippen LogP contribution in [0.25, 0.3) is 0 Å². The third-order valence-corrected chi connectivity index (χ3v) is 4.82. The molecular formula is C17H26F2N2. The van der Waals surface area contributed by atoms with Crippen molar-refractivity contribution in [2.24, 2.45) is 0 Å². The summed E-state index contributed by atoms with van der Waals surface area (Å²) in [5, 5.41) is 3.48. The first-order valence-corrected chi connectivity index (χ1v) is 7.83. The van der Waals surface area contributed by atoms with Gasteiger partial charge in [0.1, 0.15) is 0 Å². The molecule has 2 nitrogen and oxygen atoms in total. The Labute approximate surface area is 126 Å². The van der Waals surface area contributed by atoms with Gasteiger partial charge < -0.3 is 5.32 Å². The third kappa shape index (κ3) is 3.61. The van der Waals surface area contributed by atoms with Crippen molar-refractivity contribution in [2.75, 3.05) is 19.6 Å². The molecule has 0 aromatic heterocycles. The van der Waals surface area contributed by atoms with Crippen LogP contribution in [0.15, 0.2) is 30.3 Å². The number of piperazine rings is 1. The summed E-state index contributed by atoms with van der Waals surface area (Å²) in [5.41, 5.74) is -0.0980. The highest BCUT2D eigenvalue weighted by Crippen LogP contribution is 2.33. The molecule has 0 aliphatic carbocycles. The van der Waals surface area contributed by atoms with Crippen LogP contribution >= 0.6 is 0 Å². The van der Waals surface area contributed by atoms with Crippen LogP contribution in [0.3, 0.4) is 0 Å². The standard InChI is InChI=1S/C17H26F2N2/c1-4-15-11-21(16(3,5-2)12-20-15)13-17(18,19)14-9-7-6-8-10-14/h6-10,15,20H,4-5,11-13H2,1-3H3. The maximum Gasteiger partial charge on any atom is 0.285 e. The Hall–Kier alpha value is -1.00. The lowest BCUT2D eigenvalue weighted by Gasteiger charge is -2.48. The molecule has 0 spiro atoms. The number of rotatable bonds is 5. The Morgan fingerprint density at radius 3 is 2.52 bits per heavy atom. The lowest BCUT2D eigenvalue weighted by Crippen LogP contribution is -2.64. The highest BCUT2D eigenvalue weighted by molar-refractivity contribution is 5.20. The topological polar surface area (TPSA) is 15.3 Å². The normalized spacial score (nSPS) is 27.8. The number of nitrogens with zero attached hydrogens (tertiary/aromatic N) is 1. The highest BCUT2D eigenvalue weighted by Gasteiger charge is 2.42. The van der Waals surface area contributed by atoms with E-state index in [-0.39, 0.29) is 17.6 Å². The molecule has 1 saturated heterocycles. The van der Waals surface area contributed by atoms with E-state index < -0.39 is 5.92 Å². The van der Waals surface area contributed by atoms with Gasteiger partial charge in [-0.1, -0.05) is 44.2 Å². The number of halogens is 2. The Balaban J connectivity index is 2.17. The summed E-state index contributed by atoms with van der Waals surface area (Å²) in [5.74, 6) is -2.81. The van der Waals surface area contributed by atoms with Gasteiger partial charge >= 0.3 is 0 Å². The van der Waals surface area contributed by atoms with E-state index in [1.165, 1.54) is 12.1 Å². The quantitative estimate of drug-likeness (QED) is 0.892. The van der Waals surface area contributed by atoms with Gasteiger partial charge in [-0.15, -0.1) is 0 Å². The van der Waals surface area contributed by atoms with Crippen molar-refractivity contribution < 1.29 is 8.78 Å². The molecule has 2 unspecified atom stereocenters. The van der Waals surface area contributed by atoms with Crippen molar-refractivity contribution >= 4 is 0 Å². The molecule has 118 valence electrons. The van der Waals surface area contributed by atoms with E-state index in [9.17, 15) is 8.78 Å². The fourth-order valence-electron chi connectivity index (χ4n) is 2.92. The second kappa shape index (κ2) is 6.41. The number of nitrogens with one attached hydrogen (secondary N) is 1. The zero-order valence-corrected chi connectivity index (χ0v) is 13.2. The summed E-state index contributed by atoms with van der Waals surface area (Å²) in [6, 6.07) is 8.46. The van der Waals surface area contributed by atoms with E-state index in [1.54, 1.807) is 18.2 Å². The molecule has 1 fully saturated rings. The fourth-order valence-corrected chi connectivity index (χ4v) is 2.92. The van der Waals surface area contributed by atoms with Crippen LogP contribution in [0, 0.1) is 0 Å². The number of alkyl halides is 2. The van der Waals surface area contributed by atoms with Crippen LogP contribution in [-0.4, -0.2) is 36.1 Å². The van der Waals surface area contributed by atoms with Gasteiger partial charge in [-0.2, -0.15) is 8.78 Å². The smallest absolute Gasteiger partial charge is 0.285 e. The van der Waals surface area contributed by atoms with Crippen LogP contribution < -0.4 is 5.32 Å². The van der Waals surface area contributed by atoms with Crippen LogP contribution in [0.5, 0.6) is 0 Å². The van der Waals surface area contributed by atoms with Gasteiger partial charge in [-0.25, -0.2) is 0 Å². The molecule has 1 aromatic rings. The maximum absolute atomic E-state index is 14.6. The number of hydrogen-bond acceptors (Lipinski definition) is 2. The van der Waals surface area contributed by atoms with E-state index in [2.05, 4.69) is 26.1 Å². The predicted molar refractivity (Wildman–Crippen MR) is 82.7 cm³/mol. The molecular weight excluding hydrogens is 270 g/mol. The molecule has 2 rings (SSSR count). The molecule has 1 heterocycles. The average Bonchev–Trinajstić information content (AvgIpc) is 2.50. The van der Waals surface area contributed by atoms with Crippen molar-refractivity contribution in [3.05, 3.63) is 35.9 Å². The minimum absolute atomic E-state index is 0.107. The molecule has 1 aromatic carbocycles. The van der Waals surface area contributed by atoms with E-state index in [0.29, 0.717) is 12.6 Å². The lowest BCUT2D eigenvalue weighted by molar-refractivity contribution is -0.0779. The zero-order valence-electron chi connectivity index (χ0n) is 13.2. The van der Waals surface area contributed by atoms with Gasteiger partial charge in [0.05, 0.1) is 6.54 Å². The molecule has 1 aliphatic rings. The molecule has 0 amide bonds. The van der Waals surface area contributed by atoms with Crippen LogP contribution in [0.1, 0.15) is 39.2 Å². The molecule has 1 N–H and O–H groups in total. The van der Waals surface area contributed by atoms with Crippen molar-refractivity contribution in [1.29, 1.82) is 0 Å². The molecule has 2 atom stereocenters. The summed E-state index contributed by atoms with van der Waals surface area (Å²) in [6.45, 7) is 7.49. The van der Waals surface area contributed by atoms with Gasteiger partial charge in [-0.3, -0.25) is 4.90 Å². The molecule has 0 radical (unpaired) electrons. The minimum atomic E-state index is -2.81. The molecule has 0 saturated carbocycles. The molecule has 0 bridgehead atoms. The first kappa shape index (κ1) is 16.4. The Morgan fingerprint density at radius 1 is 1.29 bits per heavy atom. The molecule has 4 heteroatoms. The van der Waals surface area contributed by atoms with Crippen LogP contribution in [0.2, 0.25) is 0 Å². The SMILES string of the molecule is CCC1CN(CC(F)(F)c2ccccc2)C(C)(CC)CN1. The van der Waals surface area contributed by atoms with Crippen molar-refractivity contribution in [2.45, 2.75) is 51.1 Å². The third-order valence-electron chi connectivity index (χ3n) is 4.82. The summed E-state index contributed by atoms with van der Waals surface area (Å²) in [6.07, 6.45) is 1.83.